The molecule has 0 radical (unpaired) electrons. The van der Waals surface area contributed by atoms with Gasteiger partial charge in [0, 0.05) is 30.4 Å². The van der Waals surface area contributed by atoms with Crippen LogP contribution in [0.3, 0.4) is 0 Å². The number of hydrogen-bond donors (Lipinski definition) is 0. The number of rotatable bonds is 8. The number of thiazole rings is 1. The van der Waals surface area contributed by atoms with E-state index in [0.717, 1.165) is 33.6 Å². The summed E-state index contributed by atoms with van der Waals surface area (Å²) in [6, 6.07) is 23.3. The molecule has 0 spiro atoms. The Morgan fingerprint density at radius 1 is 0.891 bits per heavy atom. The molecule has 0 aliphatic rings. The first-order valence-electron chi connectivity index (χ1n) is 15.3. The molecule has 0 aliphatic heterocycles. The smallest absolute Gasteiger partial charge is 0.269 e. The minimum absolute atomic E-state index is 0.0336. The molecule has 46 heavy (non-hydrogen) atoms. The average Bonchev–Trinajstić information content (AvgIpc) is 3.27. The van der Waals surface area contributed by atoms with Crippen molar-refractivity contribution < 1.29 is 9.53 Å². The number of ketones is 1. The SMILES string of the molecule is Cc1cccc(COc2c(C)cc(/C=c3\s/c(=C/C(=O)c4ccc(C(C)(C)C)cc4)n(Cc4cccn(C)c4=O)c3=O)cc2C)c1. The molecular weight excluding hydrogens is 593 g/mol. The standard InChI is InChI=1S/C39H40N2O4S/c1-25-10-8-11-28(18-25)24-45-36-26(2)19-29(20-27(36)3)21-34-38(44)41(23-31-12-9-17-40(7)37(31)43)35(46-34)22-33(42)30-13-15-32(16-14-30)39(4,5)6/h8-22H,23-24H2,1-7H3/b34-21-,35-22+. The van der Waals surface area contributed by atoms with Crippen molar-refractivity contribution in [1.29, 1.82) is 0 Å². The van der Waals surface area contributed by atoms with Crippen LogP contribution in [0.15, 0.2) is 88.6 Å². The van der Waals surface area contributed by atoms with E-state index in [4.69, 9.17) is 4.74 Å². The van der Waals surface area contributed by atoms with Crippen LogP contribution >= 0.6 is 11.3 Å². The summed E-state index contributed by atoms with van der Waals surface area (Å²) in [7, 11) is 1.68. The summed E-state index contributed by atoms with van der Waals surface area (Å²) < 4.78 is 10.2. The largest absolute Gasteiger partial charge is 0.488 e. The summed E-state index contributed by atoms with van der Waals surface area (Å²) in [5.74, 6) is 0.615. The van der Waals surface area contributed by atoms with Gasteiger partial charge in [-0.25, -0.2) is 0 Å². The van der Waals surface area contributed by atoms with E-state index < -0.39 is 0 Å². The first-order chi connectivity index (χ1) is 21.8. The Balaban J connectivity index is 1.55. The first kappa shape index (κ1) is 32.6. The zero-order valence-corrected chi connectivity index (χ0v) is 28.3. The van der Waals surface area contributed by atoms with Gasteiger partial charge in [0.15, 0.2) is 5.78 Å². The molecule has 3 aromatic carbocycles. The molecule has 0 atom stereocenters. The fourth-order valence-corrected chi connectivity index (χ4v) is 6.51. The summed E-state index contributed by atoms with van der Waals surface area (Å²) in [5, 5.41) is 0. The van der Waals surface area contributed by atoms with Crippen molar-refractivity contribution in [2.45, 2.75) is 60.1 Å². The van der Waals surface area contributed by atoms with E-state index in [1.807, 2.05) is 68.5 Å². The van der Waals surface area contributed by atoms with E-state index in [9.17, 15) is 14.4 Å². The Hall–Kier alpha value is -4.75. The number of carbonyl (C=O) groups excluding carboxylic acids is 1. The third kappa shape index (κ3) is 7.37. The molecule has 0 aliphatic carbocycles. The maximum Gasteiger partial charge on any atom is 0.269 e. The van der Waals surface area contributed by atoms with Gasteiger partial charge in [0.2, 0.25) is 0 Å². The fraction of sp³-hybridized carbons (Fsp3) is 0.256. The monoisotopic (exact) mass is 632 g/mol. The summed E-state index contributed by atoms with van der Waals surface area (Å²) in [5.41, 5.74) is 6.73. The van der Waals surface area contributed by atoms with Crippen LogP contribution in [0.25, 0.3) is 12.2 Å². The second kappa shape index (κ2) is 13.3. The minimum Gasteiger partial charge on any atom is -0.488 e. The van der Waals surface area contributed by atoms with Crippen LogP contribution in [-0.2, 0) is 25.6 Å². The number of aryl methyl sites for hydroxylation is 4. The Kier molecular flexibility index (Phi) is 9.44. The molecule has 0 fully saturated rings. The Morgan fingerprint density at radius 3 is 2.24 bits per heavy atom. The van der Waals surface area contributed by atoms with Gasteiger partial charge in [0.25, 0.3) is 11.1 Å². The van der Waals surface area contributed by atoms with Crippen molar-refractivity contribution in [3.8, 4) is 5.75 Å². The number of aromatic nitrogens is 2. The normalized spacial score (nSPS) is 12.5. The van der Waals surface area contributed by atoms with Gasteiger partial charge in [-0.2, -0.15) is 0 Å². The van der Waals surface area contributed by atoms with Crippen molar-refractivity contribution in [3.05, 3.63) is 153 Å². The third-order valence-corrected chi connectivity index (χ3v) is 9.06. The lowest BCUT2D eigenvalue weighted by atomic mass is 9.86. The van der Waals surface area contributed by atoms with Crippen molar-refractivity contribution in [1.82, 2.24) is 9.13 Å². The van der Waals surface area contributed by atoms with Crippen molar-refractivity contribution in [2.75, 3.05) is 0 Å². The van der Waals surface area contributed by atoms with Gasteiger partial charge in [0.05, 0.1) is 11.1 Å². The number of pyridine rings is 1. The molecule has 0 N–H and O–H groups in total. The van der Waals surface area contributed by atoms with Gasteiger partial charge in [-0.3, -0.25) is 19.0 Å². The topological polar surface area (TPSA) is 70.3 Å². The van der Waals surface area contributed by atoms with Crippen LogP contribution in [-0.4, -0.2) is 14.9 Å². The van der Waals surface area contributed by atoms with Crippen molar-refractivity contribution in [2.24, 2.45) is 7.05 Å². The van der Waals surface area contributed by atoms with Gasteiger partial charge in [-0.05, 0) is 78.3 Å². The van der Waals surface area contributed by atoms with Gasteiger partial charge in [-0.15, -0.1) is 11.3 Å². The van der Waals surface area contributed by atoms with Gasteiger partial charge in [-0.1, -0.05) is 80.9 Å². The Morgan fingerprint density at radius 2 is 1.59 bits per heavy atom. The molecule has 236 valence electrons. The number of ether oxygens (including phenoxy) is 1. The van der Waals surface area contributed by atoms with Crippen LogP contribution in [0.5, 0.6) is 5.75 Å². The van der Waals surface area contributed by atoms with Crippen LogP contribution < -0.4 is 25.1 Å². The number of nitrogens with zero attached hydrogens (tertiary/aromatic N) is 2. The third-order valence-electron chi connectivity index (χ3n) is 8.00. The van der Waals surface area contributed by atoms with Gasteiger partial charge < -0.3 is 9.30 Å². The fourth-order valence-electron chi connectivity index (χ4n) is 5.47. The van der Waals surface area contributed by atoms with Crippen LogP contribution in [0.2, 0.25) is 0 Å². The highest BCUT2D eigenvalue weighted by Gasteiger charge is 2.15. The second-order valence-corrected chi connectivity index (χ2v) is 13.9. The van der Waals surface area contributed by atoms with Crippen molar-refractivity contribution >= 4 is 29.3 Å². The van der Waals surface area contributed by atoms with E-state index >= 15 is 0 Å². The summed E-state index contributed by atoms with van der Waals surface area (Å²) in [6.45, 7) is 13.0. The van der Waals surface area contributed by atoms with E-state index in [-0.39, 0.29) is 28.9 Å². The number of Topliss-reactive ketones (excluding diaryl/α,β-unsaturated/α-hetero) is 1. The van der Waals surface area contributed by atoms with Crippen molar-refractivity contribution in [3.63, 3.8) is 0 Å². The van der Waals surface area contributed by atoms with E-state index in [0.29, 0.717) is 26.9 Å². The number of hydrogen-bond acceptors (Lipinski definition) is 5. The maximum atomic E-state index is 13.9. The molecule has 5 aromatic rings. The quantitative estimate of drug-likeness (QED) is 0.198. The molecule has 0 bridgehead atoms. The predicted octanol–water partition coefficient (Wildman–Crippen LogP) is 5.95. The number of benzene rings is 3. The first-order valence-corrected chi connectivity index (χ1v) is 16.1. The van der Waals surface area contributed by atoms with Gasteiger partial charge in [0.1, 0.15) is 17.0 Å². The molecule has 0 saturated heterocycles. The summed E-state index contributed by atoms with van der Waals surface area (Å²) in [6.07, 6.45) is 5.02. The Labute approximate surface area is 273 Å². The zero-order valence-electron chi connectivity index (χ0n) is 27.5. The maximum absolute atomic E-state index is 13.9. The van der Waals surface area contributed by atoms with E-state index in [1.54, 1.807) is 25.4 Å². The van der Waals surface area contributed by atoms with E-state index in [1.165, 1.54) is 32.1 Å². The second-order valence-electron chi connectivity index (χ2n) is 12.9. The molecule has 6 nitrogen and oxygen atoms in total. The lowest BCUT2D eigenvalue weighted by Crippen LogP contribution is -2.34. The highest BCUT2D eigenvalue weighted by atomic mass is 32.1. The molecular formula is C39H40N2O4S. The molecule has 7 heteroatoms. The summed E-state index contributed by atoms with van der Waals surface area (Å²) in [4.78, 5) is 40.2. The molecule has 2 heterocycles. The van der Waals surface area contributed by atoms with Crippen LogP contribution in [0.1, 0.15) is 70.1 Å². The lowest BCUT2D eigenvalue weighted by Gasteiger charge is -2.18. The molecule has 0 saturated carbocycles. The van der Waals surface area contributed by atoms with Crippen LogP contribution in [0.4, 0.5) is 0 Å². The Bertz CT molecular complexity index is 2140. The van der Waals surface area contributed by atoms with E-state index in [2.05, 4.69) is 39.8 Å². The molecule has 2 aromatic heterocycles. The lowest BCUT2D eigenvalue weighted by molar-refractivity contribution is 0.106. The van der Waals surface area contributed by atoms with Gasteiger partial charge >= 0.3 is 0 Å². The highest BCUT2D eigenvalue weighted by molar-refractivity contribution is 7.07. The van der Waals surface area contributed by atoms with Crippen LogP contribution in [0, 0.1) is 20.8 Å². The highest BCUT2D eigenvalue weighted by Crippen LogP contribution is 2.26. The zero-order chi connectivity index (χ0) is 33.2. The number of carbonyl (C=O) groups is 1. The molecule has 0 amide bonds. The molecule has 5 rings (SSSR count). The minimum atomic E-state index is -0.256. The summed E-state index contributed by atoms with van der Waals surface area (Å²) >= 11 is 1.24. The molecule has 0 unspecified atom stereocenters. The average molecular weight is 633 g/mol. The predicted molar refractivity (Wildman–Crippen MR) is 188 cm³/mol.